The van der Waals surface area contributed by atoms with Gasteiger partial charge in [-0.3, -0.25) is 8.98 Å². The summed E-state index contributed by atoms with van der Waals surface area (Å²) in [5.74, 6) is -0.395. The first kappa shape index (κ1) is 15.7. The summed E-state index contributed by atoms with van der Waals surface area (Å²) >= 11 is 0. The number of hydrogen-bond donors (Lipinski definition) is 0. The molecule has 0 saturated heterocycles. The molecule has 0 saturated carbocycles. The van der Waals surface area contributed by atoms with E-state index in [1.165, 1.54) is 19.1 Å². The van der Waals surface area contributed by atoms with E-state index in [1.807, 2.05) is 6.92 Å². The molecule has 0 unspecified atom stereocenters. The molecule has 106 valence electrons. The van der Waals surface area contributed by atoms with Crippen LogP contribution in [-0.4, -0.2) is 27.1 Å². The third-order valence-corrected chi connectivity index (χ3v) is 3.77. The van der Waals surface area contributed by atoms with Gasteiger partial charge in [-0.15, -0.1) is 0 Å². The Kier molecular flexibility index (Phi) is 5.50. The molecule has 0 fully saturated rings. The molecule has 0 aliphatic carbocycles. The van der Waals surface area contributed by atoms with Crippen LogP contribution in [-0.2, 0) is 23.8 Å². The topological polar surface area (TPSA) is 69.7 Å². The van der Waals surface area contributed by atoms with Gasteiger partial charge >= 0.3 is 5.97 Å². The highest BCUT2D eigenvalue weighted by atomic mass is 32.2. The highest BCUT2D eigenvalue weighted by molar-refractivity contribution is 7.86. The number of carbonyl (C=O) groups excluding carboxylic acids is 1. The van der Waals surface area contributed by atoms with Crippen molar-refractivity contribution >= 4 is 16.1 Å². The maximum atomic E-state index is 11.8. The van der Waals surface area contributed by atoms with Crippen molar-refractivity contribution in [3.05, 3.63) is 29.8 Å². The summed E-state index contributed by atoms with van der Waals surface area (Å²) in [6.45, 7) is 4.84. The minimum Gasteiger partial charge on any atom is -0.463 e. The molecule has 0 aromatic heterocycles. The Balaban J connectivity index is 2.52. The van der Waals surface area contributed by atoms with Crippen LogP contribution in [0, 0.1) is 6.92 Å². The van der Waals surface area contributed by atoms with Crippen LogP contribution in [0.4, 0.5) is 0 Å². The lowest BCUT2D eigenvalue weighted by atomic mass is 10.2. The van der Waals surface area contributed by atoms with Crippen LogP contribution in [0.1, 0.15) is 25.8 Å². The smallest absolute Gasteiger partial charge is 0.302 e. The Morgan fingerprint density at radius 3 is 2.37 bits per heavy atom. The van der Waals surface area contributed by atoms with Crippen molar-refractivity contribution in [1.82, 2.24) is 0 Å². The maximum Gasteiger partial charge on any atom is 0.302 e. The molecule has 0 aliphatic heterocycles. The molecule has 1 rings (SSSR count). The van der Waals surface area contributed by atoms with Gasteiger partial charge in [0.2, 0.25) is 0 Å². The van der Waals surface area contributed by atoms with Crippen LogP contribution < -0.4 is 0 Å². The molecule has 0 N–H and O–H groups in total. The molecule has 0 spiro atoms. The van der Waals surface area contributed by atoms with Crippen LogP contribution >= 0.6 is 0 Å². The zero-order valence-corrected chi connectivity index (χ0v) is 12.1. The molecule has 0 bridgehead atoms. The van der Waals surface area contributed by atoms with Crippen molar-refractivity contribution in [2.45, 2.75) is 38.2 Å². The van der Waals surface area contributed by atoms with Crippen molar-refractivity contribution in [2.75, 3.05) is 6.61 Å². The number of esters is 1. The van der Waals surface area contributed by atoms with Crippen molar-refractivity contribution in [3.63, 3.8) is 0 Å². The lowest BCUT2D eigenvalue weighted by Gasteiger charge is -2.11. The molecule has 1 aromatic rings. The summed E-state index contributed by atoms with van der Waals surface area (Å²) in [6.07, 6.45) is -0.0456. The molecule has 5 nitrogen and oxygen atoms in total. The van der Waals surface area contributed by atoms with E-state index in [9.17, 15) is 13.2 Å². The van der Waals surface area contributed by atoms with E-state index in [2.05, 4.69) is 0 Å². The van der Waals surface area contributed by atoms with Crippen LogP contribution in [0.2, 0.25) is 0 Å². The number of aryl methyl sites for hydroxylation is 1. The molecule has 0 aliphatic rings. The number of carbonyl (C=O) groups is 1. The van der Waals surface area contributed by atoms with E-state index in [0.29, 0.717) is 6.42 Å². The minimum atomic E-state index is -3.74. The molecule has 1 aromatic carbocycles. The van der Waals surface area contributed by atoms with Gasteiger partial charge in [0.25, 0.3) is 10.1 Å². The quantitative estimate of drug-likeness (QED) is 0.591. The van der Waals surface area contributed by atoms with Crippen LogP contribution in [0.25, 0.3) is 0 Å². The largest absolute Gasteiger partial charge is 0.463 e. The predicted octanol–water partition coefficient (Wildman–Crippen LogP) is 2.04. The number of ether oxygens (including phenoxy) is 1. The summed E-state index contributed by atoms with van der Waals surface area (Å²) < 4.78 is 33.4. The second kappa shape index (κ2) is 6.68. The molecule has 19 heavy (non-hydrogen) atoms. The lowest BCUT2D eigenvalue weighted by Crippen LogP contribution is -2.16. The number of rotatable bonds is 6. The fraction of sp³-hybridized carbons (Fsp3) is 0.462. The predicted molar refractivity (Wildman–Crippen MR) is 70.2 cm³/mol. The summed E-state index contributed by atoms with van der Waals surface area (Å²) in [5.41, 5.74) is 0.974. The molecular weight excluding hydrogens is 268 g/mol. The van der Waals surface area contributed by atoms with Gasteiger partial charge < -0.3 is 4.74 Å². The van der Waals surface area contributed by atoms with Crippen LogP contribution in [0.5, 0.6) is 0 Å². The number of hydrogen-bond acceptors (Lipinski definition) is 5. The second-order valence-corrected chi connectivity index (χ2v) is 5.91. The summed E-state index contributed by atoms with van der Waals surface area (Å²) in [4.78, 5) is 10.8. The lowest BCUT2D eigenvalue weighted by molar-refractivity contribution is -0.145. The van der Waals surface area contributed by atoms with E-state index in [-0.39, 0.29) is 17.6 Å². The summed E-state index contributed by atoms with van der Waals surface area (Å²) in [5, 5.41) is 0. The van der Waals surface area contributed by atoms with E-state index in [0.717, 1.165) is 5.56 Å². The molecule has 6 heteroatoms. The fourth-order valence-corrected chi connectivity index (χ4v) is 2.36. The van der Waals surface area contributed by atoms with E-state index < -0.39 is 16.1 Å². The third-order valence-electron chi connectivity index (χ3n) is 2.44. The van der Waals surface area contributed by atoms with Crippen molar-refractivity contribution in [3.8, 4) is 0 Å². The standard InChI is InChI=1S/C13H18O5S/c1-10-4-6-13(7-5-10)19(15,16)17-9-8-11(2)18-12(3)14/h4-7,11H,8-9H2,1-3H3/t11-/m1/s1. The summed E-state index contributed by atoms with van der Waals surface area (Å²) in [7, 11) is -3.74. The van der Waals surface area contributed by atoms with Gasteiger partial charge in [0.15, 0.2) is 0 Å². The minimum absolute atomic E-state index is 0.0232. The maximum absolute atomic E-state index is 11.8. The normalized spacial score (nSPS) is 13.0. The van der Waals surface area contributed by atoms with Crippen LogP contribution in [0.3, 0.4) is 0 Å². The van der Waals surface area contributed by atoms with Gasteiger partial charge in [-0.1, -0.05) is 17.7 Å². The monoisotopic (exact) mass is 286 g/mol. The van der Waals surface area contributed by atoms with Crippen molar-refractivity contribution in [1.29, 1.82) is 0 Å². The number of benzene rings is 1. The van der Waals surface area contributed by atoms with Gasteiger partial charge in [0.05, 0.1) is 11.5 Å². The van der Waals surface area contributed by atoms with E-state index in [4.69, 9.17) is 8.92 Å². The van der Waals surface area contributed by atoms with Crippen LogP contribution in [0.15, 0.2) is 29.2 Å². The Labute approximate surface area is 113 Å². The van der Waals surface area contributed by atoms with Gasteiger partial charge in [0.1, 0.15) is 6.10 Å². The van der Waals surface area contributed by atoms with Gasteiger partial charge in [-0.05, 0) is 26.0 Å². The van der Waals surface area contributed by atoms with E-state index >= 15 is 0 Å². The zero-order valence-electron chi connectivity index (χ0n) is 11.3. The second-order valence-electron chi connectivity index (χ2n) is 4.30. The Bertz CT molecular complexity index is 518. The molecule has 1 atom stereocenters. The first-order chi connectivity index (χ1) is 8.81. The third kappa shape index (κ3) is 5.40. The Morgan fingerprint density at radius 2 is 1.84 bits per heavy atom. The molecule has 0 amide bonds. The van der Waals surface area contributed by atoms with Gasteiger partial charge in [-0.2, -0.15) is 8.42 Å². The molecular formula is C13H18O5S. The Morgan fingerprint density at radius 1 is 1.26 bits per heavy atom. The first-order valence-electron chi connectivity index (χ1n) is 5.94. The SMILES string of the molecule is CC(=O)O[C@H](C)CCOS(=O)(=O)c1ccc(C)cc1. The first-order valence-corrected chi connectivity index (χ1v) is 7.35. The van der Waals surface area contributed by atoms with E-state index in [1.54, 1.807) is 19.1 Å². The Hall–Kier alpha value is -1.40. The highest BCUT2D eigenvalue weighted by Crippen LogP contribution is 2.14. The van der Waals surface area contributed by atoms with Gasteiger partial charge in [0, 0.05) is 13.3 Å². The summed E-state index contributed by atoms with van der Waals surface area (Å²) in [6, 6.07) is 6.41. The average molecular weight is 286 g/mol. The highest BCUT2D eigenvalue weighted by Gasteiger charge is 2.15. The van der Waals surface area contributed by atoms with Gasteiger partial charge in [-0.25, -0.2) is 0 Å². The molecule has 0 heterocycles. The van der Waals surface area contributed by atoms with Crippen molar-refractivity contribution < 1.29 is 22.1 Å². The molecule has 0 radical (unpaired) electrons. The zero-order chi connectivity index (χ0) is 14.5. The van der Waals surface area contributed by atoms with Crippen molar-refractivity contribution in [2.24, 2.45) is 0 Å². The average Bonchev–Trinajstić information content (AvgIpc) is 2.28. The fourth-order valence-electron chi connectivity index (χ4n) is 1.44.